The second-order valence-corrected chi connectivity index (χ2v) is 5.30. The molecular formula is C13H17BrO. The molecule has 0 aromatic heterocycles. The lowest BCUT2D eigenvalue weighted by Gasteiger charge is -2.18. The van der Waals surface area contributed by atoms with E-state index in [-0.39, 0.29) is 12.0 Å². The molecule has 1 aromatic rings. The van der Waals surface area contributed by atoms with Crippen molar-refractivity contribution >= 4 is 22.0 Å². The quantitative estimate of drug-likeness (QED) is 0.879. The van der Waals surface area contributed by atoms with Crippen molar-refractivity contribution in [3.8, 4) is 0 Å². The fraction of sp³-hybridized carbons (Fsp3) is 0.385. The normalized spacial score (nSPS) is 12.3. The van der Waals surface area contributed by atoms with E-state index in [9.17, 15) is 0 Å². The van der Waals surface area contributed by atoms with E-state index in [2.05, 4.69) is 48.0 Å². The molecule has 15 heavy (non-hydrogen) atoms. The van der Waals surface area contributed by atoms with E-state index in [0.29, 0.717) is 0 Å². The molecule has 0 aliphatic heterocycles. The van der Waals surface area contributed by atoms with Gasteiger partial charge in [-0.05, 0) is 23.5 Å². The van der Waals surface area contributed by atoms with Gasteiger partial charge in [0.05, 0.1) is 0 Å². The van der Waals surface area contributed by atoms with Crippen LogP contribution in [0.3, 0.4) is 0 Å². The Labute approximate surface area is 100.0 Å². The number of allylic oxidation sites excluding steroid dienone is 1. The first-order valence-electron chi connectivity index (χ1n) is 5.07. The summed E-state index contributed by atoms with van der Waals surface area (Å²) in [7, 11) is 0. The number of aliphatic hydroxyl groups excluding tert-OH is 1. The van der Waals surface area contributed by atoms with Crippen molar-refractivity contribution < 1.29 is 5.11 Å². The number of aliphatic hydroxyl groups is 1. The van der Waals surface area contributed by atoms with Crippen LogP contribution in [0.25, 0.3) is 6.08 Å². The van der Waals surface area contributed by atoms with Gasteiger partial charge in [-0.15, -0.1) is 0 Å². The second-order valence-electron chi connectivity index (χ2n) is 4.45. The van der Waals surface area contributed by atoms with Crippen molar-refractivity contribution in [1.82, 2.24) is 0 Å². The molecule has 1 rings (SSSR count). The Bertz CT molecular complexity index is 342. The van der Waals surface area contributed by atoms with Crippen molar-refractivity contribution in [2.24, 2.45) is 5.41 Å². The minimum atomic E-state index is -0.0300. The summed E-state index contributed by atoms with van der Waals surface area (Å²) in [5.41, 5.74) is 1.14. The summed E-state index contributed by atoms with van der Waals surface area (Å²) in [4.78, 5) is 0. The SMILES string of the molecule is CC(C)(CO)CC=Cc1ccccc1Br. The number of rotatable bonds is 4. The van der Waals surface area contributed by atoms with Crippen LogP contribution in [0.15, 0.2) is 34.8 Å². The molecule has 0 unspecified atom stereocenters. The standard InChI is InChI=1S/C13H17BrO/c1-13(2,10-15)9-5-7-11-6-3-4-8-12(11)14/h3-8,15H,9-10H2,1-2H3. The van der Waals surface area contributed by atoms with Crippen LogP contribution in [0, 0.1) is 5.41 Å². The van der Waals surface area contributed by atoms with E-state index >= 15 is 0 Å². The minimum Gasteiger partial charge on any atom is -0.396 e. The van der Waals surface area contributed by atoms with Crippen LogP contribution in [0.2, 0.25) is 0 Å². The number of benzene rings is 1. The molecular weight excluding hydrogens is 252 g/mol. The van der Waals surface area contributed by atoms with Crippen LogP contribution < -0.4 is 0 Å². The maximum Gasteiger partial charge on any atom is 0.0485 e. The van der Waals surface area contributed by atoms with Gasteiger partial charge in [0.1, 0.15) is 0 Å². The van der Waals surface area contributed by atoms with E-state index in [4.69, 9.17) is 5.11 Å². The fourth-order valence-electron chi connectivity index (χ4n) is 1.18. The van der Waals surface area contributed by atoms with E-state index in [1.165, 1.54) is 5.56 Å². The average Bonchev–Trinajstić information content (AvgIpc) is 2.21. The number of hydrogen-bond donors (Lipinski definition) is 1. The molecule has 1 aromatic carbocycles. The number of hydrogen-bond acceptors (Lipinski definition) is 1. The largest absolute Gasteiger partial charge is 0.396 e. The van der Waals surface area contributed by atoms with Gasteiger partial charge >= 0.3 is 0 Å². The zero-order valence-corrected chi connectivity index (χ0v) is 10.8. The molecule has 1 N–H and O–H groups in total. The lowest BCUT2D eigenvalue weighted by molar-refractivity contribution is 0.162. The van der Waals surface area contributed by atoms with Crippen molar-refractivity contribution in [3.63, 3.8) is 0 Å². The van der Waals surface area contributed by atoms with E-state index in [1.54, 1.807) is 0 Å². The van der Waals surface area contributed by atoms with Crippen molar-refractivity contribution in [1.29, 1.82) is 0 Å². The predicted octanol–water partition coefficient (Wildman–Crippen LogP) is 3.87. The minimum absolute atomic E-state index is 0.0300. The van der Waals surface area contributed by atoms with Gasteiger partial charge < -0.3 is 5.11 Å². The summed E-state index contributed by atoms with van der Waals surface area (Å²) >= 11 is 3.49. The molecule has 2 heteroatoms. The van der Waals surface area contributed by atoms with Gasteiger partial charge in [0.2, 0.25) is 0 Å². The Morgan fingerprint density at radius 2 is 2.00 bits per heavy atom. The molecule has 0 radical (unpaired) electrons. The maximum atomic E-state index is 9.10. The van der Waals surface area contributed by atoms with Gasteiger partial charge in [0, 0.05) is 11.1 Å². The second kappa shape index (κ2) is 5.47. The third kappa shape index (κ3) is 4.18. The third-order valence-electron chi connectivity index (χ3n) is 2.30. The average molecular weight is 269 g/mol. The van der Waals surface area contributed by atoms with Gasteiger partial charge in [-0.2, -0.15) is 0 Å². The molecule has 0 fully saturated rings. The molecule has 0 aliphatic carbocycles. The first-order valence-corrected chi connectivity index (χ1v) is 5.86. The highest BCUT2D eigenvalue weighted by Gasteiger charge is 2.13. The lowest BCUT2D eigenvalue weighted by atomic mass is 9.90. The van der Waals surface area contributed by atoms with Crippen molar-refractivity contribution in [2.45, 2.75) is 20.3 Å². The summed E-state index contributed by atoms with van der Waals surface area (Å²) in [5.74, 6) is 0. The Morgan fingerprint density at radius 1 is 1.33 bits per heavy atom. The molecule has 0 aliphatic rings. The summed E-state index contributed by atoms with van der Waals surface area (Å²) in [5, 5.41) is 9.10. The Kier molecular flexibility index (Phi) is 4.55. The fourth-order valence-corrected chi connectivity index (χ4v) is 1.60. The van der Waals surface area contributed by atoms with Crippen LogP contribution in [0.4, 0.5) is 0 Å². The van der Waals surface area contributed by atoms with Crippen LogP contribution in [-0.4, -0.2) is 11.7 Å². The molecule has 0 bridgehead atoms. The summed E-state index contributed by atoms with van der Waals surface area (Å²) < 4.78 is 1.10. The predicted molar refractivity (Wildman–Crippen MR) is 68.7 cm³/mol. The highest BCUT2D eigenvalue weighted by Crippen LogP contribution is 2.22. The highest BCUT2D eigenvalue weighted by atomic mass is 79.9. The van der Waals surface area contributed by atoms with Crippen LogP contribution in [0.1, 0.15) is 25.8 Å². The highest BCUT2D eigenvalue weighted by molar-refractivity contribution is 9.10. The summed E-state index contributed by atoms with van der Waals surface area (Å²) in [6, 6.07) is 8.10. The zero-order valence-electron chi connectivity index (χ0n) is 9.20. The number of halogens is 1. The summed E-state index contributed by atoms with van der Waals surface area (Å²) in [6.07, 6.45) is 5.07. The maximum absolute atomic E-state index is 9.10. The van der Waals surface area contributed by atoms with E-state index in [0.717, 1.165) is 10.9 Å². The molecule has 0 amide bonds. The van der Waals surface area contributed by atoms with Gasteiger partial charge in [-0.3, -0.25) is 0 Å². The zero-order chi connectivity index (χ0) is 11.3. The first kappa shape index (κ1) is 12.5. The van der Waals surface area contributed by atoms with E-state index in [1.807, 2.05) is 18.2 Å². The molecule has 0 saturated carbocycles. The lowest BCUT2D eigenvalue weighted by Crippen LogP contribution is -2.14. The Hall–Kier alpha value is -0.600. The van der Waals surface area contributed by atoms with Crippen molar-refractivity contribution in [2.75, 3.05) is 6.61 Å². The van der Waals surface area contributed by atoms with Crippen LogP contribution in [-0.2, 0) is 0 Å². The van der Waals surface area contributed by atoms with Gasteiger partial charge in [-0.25, -0.2) is 0 Å². The molecule has 82 valence electrons. The van der Waals surface area contributed by atoms with Gasteiger partial charge in [0.25, 0.3) is 0 Å². The van der Waals surface area contributed by atoms with Gasteiger partial charge in [-0.1, -0.05) is 60.1 Å². The third-order valence-corrected chi connectivity index (χ3v) is 3.02. The van der Waals surface area contributed by atoms with E-state index < -0.39 is 0 Å². The van der Waals surface area contributed by atoms with Crippen LogP contribution >= 0.6 is 15.9 Å². The molecule has 0 spiro atoms. The summed E-state index contributed by atoms with van der Waals surface area (Å²) in [6.45, 7) is 4.32. The molecule has 0 atom stereocenters. The monoisotopic (exact) mass is 268 g/mol. The smallest absolute Gasteiger partial charge is 0.0485 e. The Balaban J connectivity index is 2.63. The van der Waals surface area contributed by atoms with Crippen LogP contribution in [0.5, 0.6) is 0 Å². The molecule has 0 heterocycles. The first-order chi connectivity index (χ1) is 7.05. The van der Waals surface area contributed by atoms with Crippen molar-refractivity contribution in [3.05, 3.63) is 40.4 Å². The topological polar surface area (TPSA) is 20.2 Å². The van der Waals surface area contributed by atoms with Gasteiger partial charge in [0.15, 0.2) is 0 Å². The molecule has 0 saturated heterocycles. The Morgan fingerprint density at radius 3 is 2.60 bits per heavy atom. The molecule has 1 nitrogen and oxygen atoms in total.